The van der Waals surface area contributed by atoms with E-state index < -0.39 is 80.2 Å². The van der Waals surface area contributed by atoms with Gasteiger partial charge in [0.15, 0.2) is 12.6 Å². The van der Waals surface area contributed by atoms with Gasteiger partial charge in [-0.05, 0) is 111 Å². The Balaban J connectivity index is 1.19. The fourth-order valence-electron chi connectivity index (χ4n) is 14.0. The molecule has 21 atom stereocenters. The van der Waals surface area contributed by atoms with Crippen LogP contribution in [-0.2, 0) is 23.7 Å². The number of fused-ring (bicyclic) bond motifs is 4. The van der Waals surface area contributed by atoms with Crippen molar-refractivity contribution >= 4 is 0 Å². The Hall–Kier alpha value is -0.780. The molecule has 3 heterocycles. The van der Waals surface area contributed by atoms with Crippen LogP contribution in [0, 0.1) is 45.3 Å². The summed E-state index contributed by atoms with van der Waals surface area (Å²) in [5.41, 5.74) is -0.204. The van der Waals surface area contributed by atoms with E-state index in [0.29, 0.717) is 12.3 Å². The van der Waals surface area contributed by atoms with E-state index in [1.807, 2.05) is 0 Å². The molecule has 13 nitrogen and oxygen atoms in total. The Morgan fingerprint density at radius 3 is 1.85 bits per heavy atom. The maximum atomic E-state index is 11.1. The highest BCUT2D eigenvalue weighted by Crippen LogP contribution is 2.77. The van der Waals surface area contributed by atoms with Crippen molar-refractivity contribution in [2.45, 2.75) is 192 Å². The fourth-order valence-corrected chi connectivity index (χ4v) is 14.0. The monoisotopic (exact) mass is 782 g/mol. The Labute approximate surface area is 326 Å². The van der Waals surface area contributed by atoms with E-state index in [4.69, 9.17) is 23.7 Å². The molecule has 0 bridgehead atoms. The highest BCUT2D eigenvalue weighted by Gasteiger charge is 2.73. The molecule has 3 saturated heterocycles. The molecule has 0 amide bonds. The molecular weight excluding hydrogens is 712 g/mol. The quantitative estimate of drug-likeness (QED) is 0.138. The molecule has 4 aliphatic carbocycles. The number of ether oxygens (including phenoxy) is 5. The summed E-state index contributed by atoms with van der Waals surface area (Å²) in [6.07, 6.45) is -4.87. The fraction of sp³-hybridized carbons (Fsp3) is 0.952. The smallest absolute Gasteiger partial charge is 0.187 e. The Morgan fingerprint density at radius 2 is 1.25 bits per heavy atom. The first-order valence-corrected chi connectivity index (χ1v) is 20.9. The van der Waals surface area contributed by atoms with Crippen molar-refractivity contribution in [3.05, 3.63) is 11.6 Å². The third-order valence-corrected chi connectivity index (χ3v) is 16.9. The average Bonchev–Trinajstić information content (AvgIpc) is 3.45. The van der Waals surface area contributed by atoms with Crippen molar-refractivity contribution in [1.82, 2.24) is 0 Å². The van der Waals surface area contributed by atoms with Crippen molar-refractivity contribution in [3.8, 4) is 0 Å². The molecule has 7 fully saturated rings. The first kappa shape index (κ1) is 42.3. The van der Waals surface area contributed by atoms with Gasteiger partial charge in [0.05, 0.1) is 37.1 Å². The summed E-state index contributed by atoms with van der Waals surface area (Å²) in [4.78, 5) is 0. The Morgan fingerprint density at radius 1 is 0.673 bits per heavy atom. The highest BCUT2D eigenvalue weighted by molar-refractivity contribution is 5.22. The van der Waals surface area contributed by atoms with E-state index in [-0.39, 0.29) is 57.7 Å². The largest absolute Gasteiger partial charge is 0.394 e. The van der Waals surface area contributed by atoms with Crippen LogP contribution < -0.4 is 0 Å². The molecule has 0 aromatic heterocycles. The second-order valence-corrected chi connectivity index (χ2v) is 20.4. The molecule has 3 aliphatic heterocycles. The van der Waals surface area contributed by atoms with E-state index >= 15 is 0 Å². The van der Waals surface area contributed by atoms with Crippen LogP contribution in [0.25, 0.3) is 0 Å². The predicted octanol–water partition coefficient (Wildman–Crippen LogP) is 2.17. The molecular formula is C42H70O13. The third kappa shape index (κ3) is 6.53. The summed E-state index contributed by atoms with van der Waals surface area (Å²) in [5.74, 6) is 0.823. The minimum absolute atomic E-state index is 0.0288. The molecule has 8 N–H and O–H groups in total. The summed E-state index contributed by atoms with van der Waals surface area (Å²) in [5, 5.41) is 83.7. The van der Waals surface area contributed by atoms with E-state index in [9.17, 15) is 40.9 Å². The number of aliphatic hydroxyl groups is 8. The van der Waals surface area contributed by atoms with Gasteiger partial charge in [-0.2, -0.15) is 0 Å². The normalized spacial score (nSPS) is 56.1. The number of allylic oxidation sites excluding steroid dienone is 1. The van der Waals surface area contributed by atoms with Crippen molar-refractivity contribution < 1.29 is 64.5 Å². The van der Waals surface area contributed by atoms with Crippen LogP contribution in [0.2, 0.25) is 0 Å². The lowest BCUT2D eigenvalue weighted by molar-refractivity contribution is -0.335. The minimum Gasteiger partial charge on any atom is -0.394 e. The van der Waals surface area contributed by atoms with Crippen LogP contribution in [0.15, 0.2) is 11.6 Å². The molecule has 13 heteroatoms. The zero-order valence-corrected chi connectivity index (χ0v) is 34.1. The molecule has 7 aliphatic rings. The van der Waals surface area contributed by atoms with Gasteiger partial charge in [0.1, 0.15) is 48.8 Å². The summed E-state index contributed by atoms with van der Waals surface area (Å²) in [6, 6.07) is 0. The Bertz CT molecular complexity index is 1420. The van der Waals surface area contributed by atoms with Gasteiger partial charge in [-0.15, -0.1) is 0 Å². The van der Waals surface area contributed by atoms with Gasteiger partial charge in [0.25, 0.3) is 0 Å². The van der Waals surface area contributed by atoms with Crippen molar-refractivity contribution in [3.63, 3.8) is 0 Å². The molecule has 0 aromatic rings. The summed E-state index contributed by atoms with van der Waals surface area (Å²) >= 11 is 0. The summed E-state index contributed by atoms with van der Waals surface area (Å²) in [7, 11) is 0. The molecule has 0 radical (unpaired) electrons. The lowest BCUT2D eigenvalue weighted by Gasteiger charge is -2.71. The maximum Gasteiger partial charge on any atom is 0.187 e. The average molecular weight is 783 g/mol. The standard InChI is InChI=1S/C42H70O13/c1-20(2)15-21-17-42(8,55-37-35(50)33(48)31(46)25(19-44)53-37)22-9-13-41(7)29(22)23(51-21)16-27-39(5)12-11-28(38(3,4)26(39)10-14-40(27,41)6)54-36-34(49)32(47)30(45)24(18-43)52-36/h15,21-37,43-50H,9-14,16-19H2,1-8H3/t21-,22-,23+,24+,25+,26-,27+,28-,29-,30+,31+,32-,33-,34+,35+,36-,37+,39-,40+,41+,42-/m0/s1. The van der Waals surface area contributed by atoms with Gasteiger partial charge in [-0.1, -0.05) is 46.3 Å². The van der Waals surface area contributed by atoms with E-state index in [2.05, 4.69) is 61.5 Å². The molecule has 316 valence electrons. The zero-order chi connectivity index (χ0) is 40.2. The number of aliphatic hydroxyl groups excluding tert-OH is 8. The topological polar surface area (TPSA) is 208 Å². The highest BCUT2D eigenvalue weighted by atomic mass is 16.7. The zero-order valence-electron chi connectivity index (χ0n) is 34.1. The van der Waals surface area contributed by atoms with Crippen LogP contribution >= 0.6 is 0 Å². The predicted molar refractivity (Wildman–Crippen MR) is 199 cm³/mol. The molecule has 0 spiro atoms. The van der Waals surface area contributed by atoms with Gasteiger partial charge in [-0.3, -0.25) is 0 Å². The second kappa shape index (κ2) is 14.7. The van der Waals surface area contributed by atoms with Crippen LogP contribution in [0.4, 0.5) is 0 Å². The first-order chi connectivity index (χ1) is 25.7. The molecule has 4 saturated carbocycles. The van der Waals surface area contributed by atoms with Gasteiger partial charge >= 0.3 is 0 Å². The maximum absolute atomic E-state index is 11.1. The van der Waals surface area contributed by atoms with Gasteiger partial charge < -0.3 is 64.5 Å². The SMILES string of the molecule is CC(C)=C[C@H]1C[C@](C)(O[C@H]2O[C@H](CO)[C@@H](O)[C@H](O)[C@H]2O)[C@H]2CC[C@]3(C)[C@@H]2[C@@H](C[C@@H]2[C@@]4(C)CC[C@H](O[C@@H]5O[C@H](CO)[C@@H](O)[C@H](O)[C@H]5O)C(C)(C)[C@@H]4CC[C@]23C)O1. The van der Waals surface area contributed by atoms with Crippen LogP contribution in [-0.4, -0.2) is 139 Å². The molecule has 55 heavy (non-hydrogen) atoms. The molecule has 0 aromatic carbocycles. The number of hydrogen-bond donors (Lipinski definition) is 8. The lowest BCUT2D eigenvalue weighted by atomic mass is 9.35. The van der Waals surface area contributed by atoms with Crippen molar-refractivity contribution in [2.75, 3.05) is 13.2 Å². The Kier molecular flexibility index (Phi) is 11.4. The lowest BCUT2D eigenvalue weighted by Crippen LogP contribution is -2.67. The third-order valence-electron chi connectivity index (χ3n) is 16.9. The van der Waals surface area contributed by atoms with Crippen molar-refractivity contribution in [2.24, 2.45) is 45.3 Å². The second-order valence-electron chi connectivity index (χ2n) is 20.4. The van der Waals surface area contributed by atoms with Crippen LogP contribution in [0.5, 0.6) is 0 Å². The number of hydrogen-bond acceptors (Lipinski definition) is 13. The van der Waals surface area contributed by atoms with E-state index in [1.54, 1.807) is 0 Å². The molecule has 7 rings (SSSR count). The molecule has 0 unspecified atom stereocenters. The van der Waals surface area contributed by atoms with Gasteiger partial charge in [0, 0.05) is 6.42 Å². The minimum atomic E-state index is -1.52. The number of rotatable bonds is 7. The van der Waals surface area contributed by atoms with E-state index in [0.717, 1.165) is 50.5 Å². The first-order valence-electron chi connectivity index (χ1n) is 20.9. The van der Waals surface area contributed by atoms with Gasteiger partial charge in [-0.25, -0.2) is 0 Å². The van der Waals surface area contributed by atoms with Crippen LogP contribution in [0.1, 0.15) is 107 Å². The van der Waals surface area contributed by atoms with E-state index in [1.165, 1.54) is 0 Å². The summed E-state index contributed by atoms with van der Waals surface area (Å²) < 4.78 is 32.4. The van der Waals surface area contributed by atoms with Gasteiger partial charge in [0.2, 0.25) is 0 Å². The summed E-state index contributed by atoms with van der Waals surface area (Å²) in [6.45, 7) is 17.1. The van der Waals surface area contributed by atoms with Crippen LogP contribution in [0.3, 0.4) is 0 Å². The van der Waals surface area contributed by atoms with Crippen molar-refractivity contribution in [1.29, 1.82) is 0 Å².